The van der Waals surface area contributed by atoms with Gasteiger partial charge >= 0.3 is 0 Å². The second kappa shape index (κ2) is 8.00. The van der Waals surface area contributed by atoms with Crippen LogP contribution < -0.4 is 5.32 Å². The van der Waals surface area contributed by atoms with E-state index in [2.05, 4.69) is 20.3 Å². The van der Waals surface area contributed by atoms with Gasteiger partial charge in [0.25, 0.3) is 0 Å². The van der Waals surface area contributed by atoms with Crippen molar-refractivity contribution in [1.29, 1.82) is 0 Å². The first kappa shape index (κ1) is 18.4. The summed E-state index contributed by atoms with van der Waals surface area (Å²) in [5.74, 6) is 0. The predicted molar refractivity (Wildman–Crippen MR) is 117 cm³/mol. The number of alkyl halides is 1. The van der Waals surface area contributed by atoms with Crippen LogP contribution in [0.2, 0.25) is 0 Å². The van der Waals surface area contributed by atoms with E-state index in [1.807, 2.05) is 65.4 Å². The van der Waals surface area contributed by atoms with Gasteiger partial charge in [-0.15, -0.1) is 0 Å². The third kappa shape index (κ3) is 3.65. The van der Waals surface area contributed by atoms with Gasteiger partial charge in [0.15, 0.2) is 6.17 Å². The Balaban J connectivity index is 1.28. The molecule has 2 atom stereocenters. The Morgan fingerprint density at radius 1 is 1.03 bits per heavy atom. The molecule has 0 saturated heterocycles. The van der Waals surface area contributed by atoms with Crippen LogP contribution in [0.1, 0.15) is 11.1 Å². The zero-order valence-corrected chi connectivity index (χ0v) is 16.2. The summed E-state index contributed by atoms with van der Waals surface area (Å²) in [6.45, 7) is 0.529. The average molecular weight is 397 g/mol. The highest BCUT2D eigenvalue weighted by Gasteiger charge is 2.27. The zero-order valence-electron chi connectivity index (χ0n) is 16.2. The molecule has 0 amide bonds. The van der Waals surface area contributed by atoms with Gasteiger partial charge in [-0.25, -0.2) is 9.37 Å². The van der Waals surface area contributed by atoms with E-state index in [4.69, 9.17) is 0 Å². The molecule has 30 heavy (non-hydrogen) atoms. The van der Waals surface area contributed by atoms with Crippen molar-refractivity contribution in [3.05, 3.63) is 96.7 Å². The fraction of sp³-hybridized carbons (Fsp3) is 0.125. The SMILES string of the molecule is FC1C(c2ccc3ncccc3c2)=CC=NC1NCc1ccc(-n2ccnc2)cc1. The quantitative estimate of drug-likeness (QED) is 0.545. The molecule has 2 aromatic heterocycles. The van der Waals surface area contributed by atoms with E-state index in [1.165, 1.54) is 0 Å². The second-order valence-corrected chi connectivity index (χ2v) is 7.19. The van der Waals surface area contributed by atoms with E-state index in [1.54, 1.807) is 31.0 Å². The molecular weight excluding hydrogens is 377 g/mol. The van der Waals surface area contributed by atoms with Crippen LogP contribution in [0.4, 0.5) is 4.39 Å². The van der Waals surface area contributed by atoms with Crippen molar-refractivity contribution < 1.29 is 4.39 Å². The van der Waals surface area contributed by atoms with Gasteiger partial charge in [0, 0.05) is 42.4 Å². The molecule has 1 N–H and O–H groups in total. The molecule has 6 heteroatoms. The fourth-order valence-electron chi connectivity index (χ4n) is 3.64. The molecule has 1 aliphatic heterocycles. The molecule has 0 saturated carbocycles. The molecule has 5 nitrogen and oxygen atoms in total. The molecule has 1 aliphatic rings. The lowest BCUT2D eigenvalue weighted by Gasteiger charge is -2.24. The Morgan fingerprint density at radius 3 is 2.77 bits per heavy atom. The van der Waals surface area contributed by atoms with Crippen LogP contribution >= 0.6 is 0 Å². The number of nitrogens with one attached hydrogen (secondary N) is 1. The van der Waals surface area contributed by atoms with Gasteiger partial charge in [-0.05, 0) is 53.1 Å². The highest BCUT2D eigenvalue weighted by atomic mass is 19.1. The van der Waals surface area contributed by atoms with Crippen molar-refractivity contribution in [3.8, 4) is 5.69 Å². The van der Waals surface area contributed by atoms with Crippen molar-refractivity contribution in [2.45, 2.75) is 18.9 Å². The molecule has 0 spiro atoms. The van der Waals surface area contributed by atoms with E-state index in [0.29, 0.717) is 12.1 Å². The molecule has 5 rings (SSSR count). The number of hydrogen-bond donors (Lipinski definition) is 1. The number of aromatic nitrogens is 3. The van der Waals surface area contributed by atoms with Gasteiger partial charge in [0.2, 0.25) is 0 Å². The minimum absolute atomic E-state index is 0.529. The maximum atomic E-state index is 15.3. The molecule has 4 aromatic rings. The Hall–Kier alpha value is -3.64. The Kier molecular flexibility index (Phi) is 4.91. The van der Waals surface area contributed by atoms with Crippen LogP contribution in [0.3, 0.4) is 0 Å². The summed E-state index contributed by atoms with van der Waals surface area (Å²) >= 11 is 0. The largest absolute Gasteiger partial charge is 0.306 e. The van der Waals surface area contributed by atoms with Crippen LogP contribution in [0.15, 0.2) is 90.6 Å². The molecule has 0 fully saturated rings. The number of benzene rings is 2. The molecule has 2 unspecified atom stereocenters. The molecular formula is C24H20FN5. The third-order valence-electron chi connectivity index (χ3n) is 5.27. The highest BCUT2D eigenvalue weighted by Crippen LogP contribution is 2.28. The average Bonchev–Trinajstić information content (AvgIpc) is 3.33. The number of rotatable bonds is 5. The highest BCUT2D eigenvalue weighted by molar-refractivity contribution is 5.91. The Labute approximate surface area is 173 Å². The summed E-state index contributed by atoms with van der Waals surface area (Å²) in [5, 5.41) is 4.23. The van der Waals surface area contributed by atoms with Crippen molar-refractivity contribution in [2.75, 3.05) is 0 Å². The van der Waals surface area contributed by atoms with Crippen LogP contribution in [0.5, 0.6) is 0 Å². The first-order chi connectivity index (χ1) is 14.8. The molecule has 148 valence electrons. The molecule has 0 radical (unpaired) electrons. The smallest absolute Gasteiger partial charge is 0.161 e. The van der Waals surface area contributed by atoms with Crippen molar-refractivity contribution in [2.24, 2.45) is 4.99 Å². The normalized spacial score (nSPS) is 18.5. The summed E-state index contributed by atoms with van der Waals surface area (Å²) in [4.78, 5) is 12.7. The summed E-state index contributed by atoms with van der Waals surface area (Å²) in [6.07, 6.45) is 8.74. The van der Waals surface area contributed by atoms with Crippen molar-refractivity contribution >= 4 is 22.7 Å². The Bertz CT molecular complexity index is 1210. The zero-order chi connectivity index (χ0) is 20.3. The molecule has 0 aliphatic carbocycles. The maximum absolute atomic E-state index is 15.3. The molecule has 0 bridgehead atoms. The first-order valence-corrected chi connectivity index (χ1v) is 9.81. The predicted octanol–water partition coefficient (Wildman–Crippen LogP) is 4.34. The molecule has 3 heterocycles. The van der Waals surface area contributed by atoms with Crippen molar-refractivity contribution in [3.63, 3.8) is 0 Å². The lowest BCUT2D eigenvalue weighted by Crippen LogP contribution is -2.37. The fourth-order valence-corrected chi connectivity index (χ4v) is 3.64. The van der Waals surface area contributed by atoms with Gasteiger partial charge in [-0.2, -0.15) is 0 Å². The second-order valence-electron chi connectivity index (χ2n) is 7.19. The summed E-state index contributed by atoms with van der Waals surface area (Å²) in [5.41, 5.74) is 4.48. The van der Waals surface area contributed by atoms with Gasteiger partial charge in [-0.1, -0.05) is 24.3 Å². The number of imidazole rings is 1. The number of fused-ring (bicyclic) bond motifs is 1. The summed E-state index contributed by atoms with van der Waals surface area (Å²) < 4.78 is 17.2. The number of aliphatic imine (C=N–C) groups is 1. The van der Waals surface area contributed by atoms with E-state index >= 15 is 4.39 Å². The van der Waals surface area contributed by atoms with Crippen LogP contribution in [0.25, 0.3) is 22.2 Å². The number of nitrogens with zero attached hydrogens (tertiary/aromatic N) is 4. The monoisotopic (exact) mass is 397 g/mol. The Morgan fingerprint density at radius 2 is 1.93 bits per heavy atom. The van der Waals surface area contributed by atoms with Gasteiger partial charge in [0.05, 0.1) is 11.8 Å². The van der Waals surface area contributed by atoms with Gasteiger partial charge < -0.3 is 4.57 Å². The van der Waals surface area contributed by atoms with Crippen molar-refractivity contribution in [1.82, 2.24) is 19.9 Å². The summed E-state index contributed by atoms with van der Waals surface area (Å²) in [6, 6.07) is 17.8. The number of dihydropyridines is 1. The lowest BCUT2D eigenvalue weighted by atomic mass is 9.96. The van der Waals surface area contributed by atoms with Crippen LogP contribution in [-0.4, -0.2) is 33.1 Å². The van der Waals surface area contributed by atoms with Gasteiger partial charge in [0.1, 0.15) is 6.17 Å². The number of hydrogen-bond acceptors (Lipinski definition) is 4. The first-order valence-electron chi connectivity index (χ1n) is 9.81. The van der Waals surface area contributed by atoms with Gasteiger partial charge in [-0.3, -0.25) is 15.3 Å². The minimum Gasteiger partial charge on any atom is -0.306 e. The number of pyridine rings is 1. The summed E-state index contributed by atoms with van der Waals surface area (Å²) in [7, 11) is 0. The lowest BCUT2D eigenvalue weighted by molar-refractivity contribution is 0.313. The number of allylic oxidation sites excluding steroid dienone is 1. The van der Waals surface area contributed by atoms with E-state index in [0.717, 1.165) is 27.7 Å². The standard InChI is InChI=1S/C24H20FN5/c25-23-21(18-5-8-22-19(14-18)2-1-10-27-22)9-11-28-24(23)29-15-17-3-6-20(7-4-17)30-13-12-26-16-30/h1-14,16,23-24,29H,15H2. The third-order valence-corrected chi connectivity index (χ3v) is 5.27. The molecule has 2 aromatic carbocycles. The van der Waals surface area contributed by atoms with Crippen LogP contribution in [-0.2, 0) is 6.54 Å². The minimum atomic E-state index is -1.23. The maximum Gasteiger partial charge on any atom is 0.161 e. The van der Waals surface area contributed by atoms with E-state index < -0.39 is 12.3 Å². The van der Waals surface area contributed by atoms with E-state index in [-0.39, 0.29) is 0 Å². The van der Waals surface area contributed by atoms with E-state index in [9.17, 15) is 0 Å². The topological polar surface area (TPSA) is 55.1 Å². The van der Waals surface area contributed by atoms with Crippen LogP contribution in [0, 0.1) is 0 Å². The number of halogens is 1.